The fourth-order valence-electron chi connectivity index (χ4n) is 1.63. The highest BCUT2D eigenvalue weighted by molar-refractivity contribution is 5.97. The Morgan fingerprint density at radius 2 is 2.14 bits per heavy atom. The lowest BCUT2D eigenvalue weighted by atomic mass is 10.2. The third-order valence-corrected chi connectivity index (χ3v) is 3.13. The van der Waals surface area contributed by atoms with Crippen molar-refractivity contribution in [2.75, 3.05) is 19.5 Å². The Labute approximate surface area is 130 Å². The first-order valence-corrected chi connectivity index (χ1v) is 6.95. The van der Waals surface area contributed by atoms with Gasteiger partial charge in [-0.25, -0.2) is 0 Å². The standard InChI is InChI=1S/C16H21N3O3/c1-5-11(2)19-16(20)12(9-17)10-18-14-8-13(21-3)6-7-15(14)22-4/h6-8,10-11,18H,5H2,1-4H3,(H,19,20)/b12-10-. The molecule has 0 aromatic heterocycles. The summed E-state index contributed by atoms with van der Waals surface area (Å²) in [5.74, 6) is 0.808. The number of benzene rings is 1. The van der Waals surface area contributed by atoms with Crippen molar-refractivity contribution in [3.63, 3.8) is 0 Å². The van der Waals surface area contributed by atoms with Gasteiger partial charge < -0.3 is 20.1 Å². The predicted molar refractivity (Wildman–Crippen MR) is 84.8 cm³/mol. The number of nitriles is 1. The maximum Gasteiger partial charge on any atom is 0.263 e. The number of methoxy groups -OCH3 is 2. The molecule has 6 nitrogen and oxygen atoms in total. The van der Waals surface area contributed by atoms with Crippen LogP contribution in [0.15, 0.2) is 30.0 Å². The van der Waals surface area contributed by atoms with Crippen molar-refractivity contribution >= 4 is 11.6 Å². The van der Waals surface area contributed by atoms with E-state index in [-0.39, 0.29) is 11.6 Å². The molecule has 2 N–H and O–H groups in total. The highest BCUT2D eigenvalue weighted by Crippen LogP contribution is 2.28. The Hall–Kier alpha value is -2.68. The quantitative estimate of drug-likeness (QED) is 0.597. The SMILES string of the molecule is CCC(C)NC(=O)/C(C#N)=C\Nc1cc(OC)ccc1OC. The van der Waals surface area contributed by atoms with Crippen molar-refractivity contribution < 1.29 is 14.3 Å². The zero-order valence-corrected chi connectivity index (χ0v) is 13.3. The van der Waals surface area contributed by atoms with Crippen LogP contribution in [-0.4, -0.2) is 26.2 Å². The molecular formula is C16H21N3O3. The van der Waals surface area contributed by atoms with Gasteiger partial charge in [-0.3, -0.25) is 4.79 Å². The van der Waals surface area contributed by atoms with E-state index in [0.717, 1.165) is 6.42 Å². The van der Waals surface area contributed by atoms with Gasteiger partial charge in [0.05, 0.1) is 19.9 Å². The first-order valence-electron chi connectivity index (χ1n) is 6.95. The maximum absolute atomic E-state index is 11.9. The van der Waals surface area contributed by atoms with Gasteiger partial charge in [-0.1, -0.05) is 6.92 Å². The molecule has 22 heavy (non-hydrogen) atoms. The number of carbonyl (C=O) groups is 1. The van der Waals surface area contributed by atoms with Crippen LogP contribution in [0.2, 0.25) is 0 Å². The van der Waals surface area contributed by atoms with Gasteiger partial charge in [0.2, 0.25) is 0 Å². The lowest BCUT2D eigenvalue weighted by Crippen LogP contribution is -2.33. The predicted octanol–water partition coefficient (Wildman–Crippen LogP) is 2.44. The number of rotatable bonds is 7. The van der Waals surface area contributed by atoms with E-state index in [1.165, 1.54) is 13.3 Å². The minimum absolute atomic E-state index is 0.00910. The van der Waals surface area contributed by atoms with Crippen LogP contribution in [0, 0.1) is 11.3 Å². The van der Waals surface area contributed by atoms with Crippen molar-refractivity contribution in [1.29, 1.82) is 5.26 Å². The van der Waals surface area contributed by atoms with Crippen molar-refractivity contribution in [1.82, 2.24) is 5.32 Å². The van der Waals surface area contributed by atoms with E-state index in [1.54, 1.807) is 25.3 Å². The summed E-state index contributed by atoms with van der Waals surface area (Å²) in [5, 5.41) is 14.8. The molecule has 0 radical (unpaired) electrons. The second-order valence-electron chi connectivity index (χ2n) is 4.66. The molecule has 1 aromatic rings. The van der Waals surface area contributed by atoms with Crippen LogP contribution in [0.5, 0.6) is 11.5 Å². The molecule has 0 saturated heterocycles. The van der Waals surface area contributed by atoms with Gasteiger partial charge in [-0.05, 0) is 25.5 Å². The van der Waals surface area contributed by atoms with E-state index in [9.17, 15) is 4.79 Å². The minimum atomic E-state index is -0.411. The first-order chi connectivity index (χ1) is 10.5. The van der Waals surface area contributed by atoms with Crippen molar-refractivity contribution in [2.24, 2.45) is 0 Å². The van der Waals surface area contributed by atoms with Crippen molar-refractivity contribution in [2.45, 2.75) is 26.3 Å². The number of ether oxygens (including phenoxy) is 2. The third kappa shape index (κ3) is 4.70. The summed E-state index contributed by atoms with van der Waals surface area (Å²) < 4.78 is 10.4. The zero-order chi connectivity index (χ0) is 16.5. The Morgan fingerprint density at radius 1 is 1.41 bits per heavy atom. The summed E-state index contributed by atoms with van der Waals surface area (Å²) in [6.07, 6.45) is 2.15. The van der Waals surface area contributed by atoms with Crippen LogP contribution in [0.4, 0.5) is 5.69 Å². The van der Waals surface area contributed by atoms with Gasteiger partial charge in [0, 0.05) is 18.3 Å². The van der Waals surface area contributed by atoms with Crippen molar-refractivity contribution in [3.8, 4) is 17.6 Å². The number of hydrogen-bond acceptors (Lipinski definition) is 5. The van der Waals surface area contributed by atoms with Gasteiger partial charge in [0.1, 0.15) is 23.1 Å². The van der Waals surface area contributed by atoms with E-state index < -0.39 is 5.91 Å². The molecule has 0 spiro atoms. The van der Waals surface area contributed by atoms with Gasteiger partial charge in [0.15, 0.2) is 0 Å². The highest BCUT2D eigenvalue weighted by atomic mass is 16.5. The van der Waals surface area contributed by atoms with Crippen LogP contribution in [0.1, 0.15) is 20.3 Å². The lowest BCUT2D eigenvalue weighted by molar-refractivity contribution is -0.117. The fourth-order valence-corrected chi connectivity index (χ4v) is 1.63. The second kappa shape index (κ2) is 8.57. The Kier molecular flexibility index (Phi) is 6.77. The molecule has 0 aliphatic rings. The number of hydrogen-bond donors (Lipinski definition) is 2. The molecule has 0 saturated carbocycles. The molecule has 1 amide bonds. The molecule has 1 unspecified atom stereocenters. The van der Waals surface area contributed by atoms with Crippen molar-refractivity contribution in [3.05, 3.63) is 30.0 Å². The molecular weight excluding hydrogens is 282 g/mol. The summed E-state index contributed by atoms with van der Waals surface area (Å²) in [7, 11) is 3.10. The molecule has 0 bridgehead atoms. The Bertz CT molecular complexity index is 591. The van der Waals surface area contributed by atoms with Gasteiger partial charge >= 0.3 is 0 Å². The summed E-state index contributed by atoms with van der Waals surface area (Å²) in [6.45, 7) is 3.84. The van der Waals surface area contributed by atoms with Gasteiger partial charge in [0.25, 0.3) is 5.91 Å². The van der Waals surface area contributed by atoms with E-state index >= 15 is 0 Å². The average molecular weight is 303 g/mol. The molecule has 0 aliphatic carbocycles. The fraction of sp³-hybridized carbons (Fsp3) is 0.375. The number of amides is 1. The molecule has 1 atom stereocenters. The summed E-state index contributed by atoms with van der Waals surface area (Å²) >= 11 is 0. The topological polar surface area (TPSA) is 83.4 Å². The van der Waals surface area contributed by atoms with E-state index in [0.29, 0.717) is 17.2 Å². The van der Waals surface area contributed by atoms with Gasteiger partial charge in [-0.2, -0.15) is 5.26 Å². The Morgan fingerprint density at radius 3 is 2.68 bits per heavy atom. The third-order valence-electron chi connectivity index (χ3n) is 3.13. The second-order valence-corrected chi connectivity index (χ2v) is 4.66. The lowest BCUT2D eigenvalue weighted by Gasteiger charge is -2.12. The molecule has 0 fully saturated rings. The normalized spacial score (nSPS) is 12.0. The molecule has 1 rings (SSSR count). The van der Waals surface area contributed by atoms with Crippen LogP contribution >= 0.6 is 0 Å². The van der Waals surface area contributed by atoms with Crippen LogP contribution in [0.25, 0.3) is 0 Å². The Balaban J connectivity index is 2.93. The van der Waals surface area contributed by atoms with Crippen LogP contribution in [0.3, 0.4) is 0 Å². The van der Waals surface area contributed by atoms with E-state index in [4.69, 9.17) is 14.7 Å². The van der Waals surface area contributed by atoms with E-state index in [2.05, 4.69) is 10.6 Å². The maximum atomic E-state index is 11.9. The monoisotopic (exact) mass is 303 g/mol. The highest BCUT2D eigenvalue weighted by Gasteiger charge is 2.12. The number of nitrogens with one attached hydrogen (secondary N) is 2. The van der Waals surface area contributed by atoms with Gasteiger partial charge in [-0.15, -0.1) is 0 Å². The first kappa shape index (κ1) is 17.4. The molecule has 0 aliphatic heterocycles. The van der Waals surface area contributed by atoms with Crippen LogP contribution in [-0.2, 0) is 4.79 Å². The molecule has 118 valence electrons. The molecule has 0 heterocycles. The van der Waals surface area contributed by atoms with Crippen LogP contribution < -0.4 is 20.1 Å². The summed E-state index contributed by atoms with van der Waals surface area (Å²) in [4.78, 5) is 11.9. The zero-order valence-electron chi connectivity index (χ0n) is 13.3. The number of nitrogens with zero attached hydrogens (tertiary/aromatic N) is 1. The largest absolute Gasteiger partial charge is 0.497 e. The van der Waals surface area contributed by atoms with E-state index in [1.807, 2.05) is 19.9 Å². The summed E-state index contributed by atoms with van der Waals surface area (Å²) in [6, 6.07) is 7.11. The average Bonchev–Trinajstić information content (AvgIpc) is 2.54. The smallest absolute Gasteiger partial charge is 0.263 e. The summed E-state index contributed by atoms with van der Waals surface area (Å²) in [5.41, 5.74) is 0.594. The molecule has 6 heteroatoms. The number of anilines is 1. The minimum Gasteiger partial charge on any atom is -0.497 e. The molecule has 1 aromatic carbocycles. The number of carbonyl (C=O) groups excluding carboxylic acids is 1.